The third kappa shape index (κ3) is 4.05. The molecule has 1 fully saturated rings. The fraction of sp³-hybridized carbons (Fsp3) is 0.353. The van der Waals surface area contributed by atoms with Crippen LogP contribution in [0, 0.1) is 0 Å². The van der Waals surface area contributed by atoms with Gasteiger partial charge in [-0.3, -0.25) is 19.3 Å². The van der Waals surface area contributed by atoms with Crippen molar-refractivity contribution in [2.24, 2.45) is 0 Å². The number of carbonyl (C=O) groups excluding carboxylic acids is 5. The molecule has 9 heteroatoms. The molecular weight excluding hydrogens is 342 g/mol. The van der Waals surface area contributed by atoms with Gasteiger partial charge in [-0.1, -0.05) is 30.3 Å². The molecule has 2 rings (SSSR count). The van der Waals surface area contributed by atoms with E-state index in [0.29, 0.717) is 4.90 Å². The summed E-state index contributed by atoms with van der Waals surface area (Å²) in [6.45, 7) is 0.919. The normalized spacial score (nSPS) is 15.2. The molecule has 1 N–H and O–H groups in total. The Kier molecular flexibility index (Phi) is 6.05. The first-order valence-corrected chi connectivity index (χ1v) is 7.97. The van der Waals surface area contributed by atoms with Crippen LogP contribution in [-0.4, -0.2) is 65.8 Å². The van der Waals surface area contributed by atoms with Crippen molar-refractivity contribution in [3.05, 3.63) is 35.9 Å². The molecule has 0 bridgehead atoms. The monoisotopic (exact) mass is 361 g/mol. The second kappa shape index (κ2) is 8.24. The highest BCUT2D eigenvalue weighted by Crippen LogP contribution is 2.11. The second-order valence-electron chi connectivity index (χ2n) is 5.56. The number of nitrogens with one attached hydrogen (secondary N) is 1. The number of urea groups is 1. The quantitative estimate of drug-likeness (QED) is 0.405. The minimum atomic E-state index is -1.07. The van der Waals surface area contributed by atoms with E-state index in [2.05, 4.69) is 10.1 Å². The highest BCUT2D eigenvalue weighted by Gasteiger charge is 2.44. The van der Waals surface area contributed by atoms with Crippen molar-refractivity contribution in [3.63, 3.8) is 0 Å². The highest BCUT2D eigenvalue weighted by atomic mass is 16.5. The molecule has 1 heterocycles. The molecule has 1 atom stereocenters. The number of rotatable bonds is 7. The van der Waals surface area contributed by atoms with Gasteiger partial charge in [-0.25, -0.2) is 14.5 Å². The van der Waals surface area contributed by atoms with Gasteiger partial charge in [0.1, 0.15) is 12.6 Å². The predicted molar refractivity (Wildman–Crippen MR) is 88.6 cm³/mol. The number of methoxy groups -OCH3 is 1. The molecule has 1 aliphatic heterocycles. The van der Waals surface area contributed by atoms with Crippen LogP contribution in [0.3, 0.4) is 0 Å². The molecule has 1 saturated heterocycles. The molecule has 1 aliphatic rings. The Morgan fingerprint density at radius 2 is 1.69 bits per heavy atom. The Bertz CT molecular complexity index is 733. The van der Waals surface area contributed by atoms with Gasteiger partial charge in [0.05, 0.1) is 7.11 Å². The van der Waals surface area contributed by atoms with Crippen LogP contribution in [0.15, 0.2) is 30.3 Å². The van der Waals surface area contributed by atoms with Crippen LogP contribution in [0.5, 0.6) is 0 Å². The van der Waals surface area contributed by atoms with Crippen molar-refractivity contribution in [1.82, 2.24) is 15.1 Å². The Labute approximate surface area is 149 Å². The maximum Gasteiger partial charge on any atom is 0.334 e. The van der Waals surface area contributed by atoms with E-state index < -0.39 is 42.3 Å². The number of nitrogens with zero attached hydrogens (tertiary/aromatic N) is 2. The number of amides is 5. The zero-order valence-electron chi connectivity index (χ0n) is 14.4. The molecule has 5 amide bonds. The number of hydrogen-bond donors (Lipinski definition) is 1. The van der Waals surface area contributed by atoms with Gasteiger partial charge in [-0.05, 0) is 12.5 Å². The third-order valence-electron chi connectivity index (χ3n) is 3.86. The van der Waals surface area contributed by atoms with E-state index in [4.69, 9.17) is 0 Å². The number of likely N-dealkylation sites (N-methyl/N-ethyl adjacent to an activating group) is 1. The summed E-state index contributed by atoms with van der Waals surface area (Å²) in [4.78, 5) is 60.9. The summed E-state index contributed by atoms with van der Waals surface area (Å²) >= 11 is 0. The van der Waals surface area contributed by atoms with Crippen LogP contribution in [0.4, 0.5) is 4.79 Å². The van der Waals surface area contributed by atoms with E-state index in [1.807, 2.05) is 6.07 Å². The van der Waals surface area contributed by atoms with Crippen LogP contribution >= 0.6 is 0 Å². The van der Waals surface area contributed by atoms with Crippen molar-refractivity contribution in [2.45, 2.75) is 19.4 Å². The Hall–Kier alpha value is -3.23. The van der Waals surface area contributed by atoms with Crippen molar-refractivity contribution in [1.29, 1.82) is 0 Å². The molecule has 26 heavy (non-hydrogen) atoms. The predicted octanol–water partition coefficient (Wildman–Crippen LogP) is -0.302. The second-order valence-corrected chi connectivity index (χ2v) is 5.56. The average Bonchev–Trinajstić information content (AvgIpc) is 2.84. The van der Waals surface area contributed by atoms with Gasteiger partial charge >= 0.3 is 23.8 Å². The average molecular weight is 361 g/mol. The topological polar surface area (TPSA) is 113 Å². The summed E-state index contributed by atoms with van der Waals surface area (Å²) in [6.07, 6.45) is 0.182. The van der Waals surface area contributed by atoms with Gasteiger partial charge < -0.3 is 10.1 Å². The van der Waals surface area contributed by atoms with Gasteiger partial charge in [0, 0.05) is 13.0 Å². The largest absolute Gasteiger partial charge is 0.467 e. The van der Waals surface area contributed by atoms with Gasteiger partial charge in [-0.15, -0.1) is 0 Å². The van der Waals surface area contributed by atoms with Crippen LogP contribution in [0.1, 0.15) is 12.5 Å². The SMILES string of the molecule is CCN1C(=O)C(=O)N(CC(=O)N[C@H](Cc2ccccc2)C(=O)OC)C1=O. The van der Waals surface area contributed by atoms with Crippen LogP contribution in [-0.2, 0) is 30.3 Å². The first-order chi connectivity index (χ1) is 12.4. The number of hydrogen-bond acceptors (Lipinski definition) is 6. The van der Waals surface area contributed by atoms with E-state index in [0.717, 1.165) is 10.5 Å². The molecular formula is C17H19N3O6. The number of imide groups is 2. The minimum Gasteiger partial charge on any atom is -0.467 e. The van der Waals surface area contributed by atoms with Crippen LogP contribution in [0.25, 0.3) is 0 Å². The van der Waals surface area contributed by atoms with Gasteiger partial charge in [-0.2, -0.15) is 0 Å². The van der Waals surface area contributed by atoms with E-state index in [1.165, 1.54) is 7.11 Å². The smallest absolute Gasteiger partial charge is 0.334 e. The van der Waals surface area contributed by atoms with Gasteiger partial charge in [0.2, 0.25) is 5.91 Å². The zero-order chi connectivity index (χ0) is 19.3. The molecule has 0 saturated carbocycles. The Balaban J connectivity index is 2.05. The number of benzene rings is 1. The number of carbonyl (C=O) groups is 5. The molecule has 1 aromatic rings. The third-order valence-corrected chi connectivity index (χ3v) is 3.86. The zero-order valence-corrected chi connectivity index (χ0v) is 14.4. The Morgan fingerprint density at radius 3 is 2.23 bits per heavy atom. The molecule has 138 valence electrons. The van der Waals surface area contributed by atoms with Crippen LogP contribution < -0.4 is 5.32 Å². The summed E-state index contributed by atoms with van der Waals surface area (Å²) in [6, 6.07) is 7.13. The molecule has 0 radical (unpaired) electrons. The van der Waals surface area contributed by atoms with E-state index in [9.17, 15) is 24.0 Å². The number of esters is 1. The fourth-order valence-corrected chi connectivity index (χ4v) is 2.54. The lowest BCUT2D eigenvalue weighted by atomic mass is 10.1. The summed E-state index contributed by atoms with van der Waals surface area (Å²) in [7, 11) is 1.19. The van der Waals surface area contributed by atoms with E-state index in [1.54, 1.807) is 31.2 Å². The lowest BCUT2D eigenvalue weighted by Gasteiger charge is -2.19. The van der Waals surface area contributed by atoms with Crippen molar-refractivity contribution >= 4 is 29.7 Å². The first kappa shape index (κ1) is 19.1. The highest BCUT2D eigenvalue weighted by molar-refractivity contribution is 6.45. The lowest BCUT2D eigenvalue weighted by molar-refractivity contribution is -0.146. The van der Waals surface area contributed by atoms with E-state index >= 15 is 0 Å². The van der Waals surface area contributed by atoms with Crippen LogP contribution in [0.2, 0.25) is 0 Å². The molecule has 0 unspecified atom stereocenters. The summed E-state index contributed by atoms with van der Waals surface area (Å²) < 4.78 is 4.69. The van der Waals surface area contributed by atoms with Gasteiger partial charge in [0.15, 0.2) is 0 Å². The number of ether oxygens (including phenoxy) is 1. The van der Waals surface area contributed by atoms with Crippen molar-refractivity contribution in [3.8, 4) is 0 Å². The summed E-state index contributed by atoms with van der Waals surface area (Å²) in [5.74, 6) is -3.44. The first-order valence-electron chi connectivity index (χ1n) is 7.97. The summed E-state index contributed by atoms with van der Waals surface area (Å²) in [5, 5.41) is 2.44. The molecule has 0 aromatic heterocycles. The minimum absolute atomic E-state index is 0.0281. The maximum absolute atomic E-state index is 12.2. The molecule has 0 spiro atoms. The standard InChI is InChI=1S/C17H19N3O6/c1-3-19-14(22)15(23)20(17(19)25)10-13(21)18-12(16(24)26-2)9-11-7-5-4-6-8-11/h4-8,12H,3,9-10H2,1-2H3,(H,18,21)/t12-/m1/s1. The maximum atomic E-state index is 12.2. The van der Waals surface area contributed by atoms with Crippen molar-refractivity contribution in [2.75, 3.05) is 20.2 Å². The molecule has 9 nitrogen and oxygen atoms in total. The van der Waals surface area contributed by atoms with E-state index in [-0.39, 0.29) is 13.0 Å². The lowest BCUT2D eigenvalue weighted by Crippen LogP contribution is -2.48. The van der Waals surface area contributed by atoms with Gasteiger partial charge in [0.25, 0.3) is 0 Å². The molecule has 0 aliphatic carbocycles. The molecule has 1 aromatic carbocycles. The Morgan fingerprint density at radius 1 is 1.08 bits per heavy atom. The fourth-order valence-electron chi connectivity index (χ4n) is 2.54. The van der Waals surface area contributed by atoms with Crippen molar-refractivity contribution < 1.29 is 28.7 Å². The summed E-state index contributed by atoms with van der Waals surface area (Å²) in [5.41, 5.74) is 0.795.